The van der Waals surface area contributed by atoms with Crippen LogP contribution in [0.15, 0.2) is 36.4 Å². The maximum atomic E-state index is 12.5. The SMILES string of the molecule is Cn1c(Nc2nc3ccc(OC(F)(F)F)cc3s2)nc2cc(C(=O)NCCNS(C)(=O)=O)ccc21. The van der Waals surface area contributed by atoms with Crippen LogP contribution >= 0.6 is 11.3 Å². The second kappa shape index (κ2) is 9.31. The maximum Gasteiger partial charge on any atom is 0.573 e. The number of carbonyl (C=O) groups is 1. The summed E-state index contributed by atoms with van der Waals surface area (Å²) < 4.78 is 68.1. The van der Waals surface area contributed by atoms with Crippen LogP contribution in [0.4, 0.5) is 24.3 Å². The van der Waals surface area contributed by atoms with Crippen molar-refractivity contribution in [1.82, 2.24) is 24.6 Å². The molecule has 0 aliphatic heterocycles. The summed E-state index contributed by atoms with van der Waals surface area (Å²) >= 11 is 1.14. The quantitative estimate of drug-likeness (QED) is 0.300. The minimum absolute atomic E-state index is 0.0659. The number of alkyl halides is 3. The number of thiazole rings is 1. The van der Waals surface area contributed by atoms with Gasteiger partial charge in [-0.2, -0.15) is 0 Å². The van der Waals surface area contributed by atoms with Crippen molar-refractivity contribution in [3.05, 3.63) is 42.0 Å². The Labute approximate surface area is 201 Å². The van der Waals surface area contributed by atoms with Gasteiger partial charge in [-0.15, -0.1) is 13.2 Å². The van der Waals surface area contributed by atoms with Gasteiger partial charge in [-0.3, -0.25) is 4.79 Å². The van der Waals surface area contributed by atoms with Crippen LogP contribution in [0.1, 0.15) is 10.4 Å². The number of aromatic nitrogens is 3. The van der Waals surface area contributed by atoms with Crippen molar-refractivity contribution < 1.29 is 31.1 Å². The Hall–Kier alpha value is -3.43. The summed E-state index contributed by atoms with van der Waals surface area (Å²) in [5.41, 5.74) is 2.09. The van der Waals surface area contributed by atoms with E-state index < -0.39 is 16.4 Å². The van der Waals surface area contributed by atoms with Gasteiger partial charge >= 0.3 is 6.36 Å². The molecule has 4 rings (SSSR count). The number of hydrogen-bond acceptors (Lipinski definition) is 8. The van der Waals surface area contributed by atoms with E-state index in [1.54, 1.807) is 29.8 Å². The van der Waals surface area contributed by atoms with Gasteiger partial charge in [-0.1, -0.05) is 11.3 Å². The average Bonchev–Trinajstić information content (AvgIpc) is 3.29. The van der Waals surface area contributed by atoms with Crippen molar-refractivity contribution in [3.63, 3.8) is 0 Å². The molecule has 0 aliphatic carbocycles. The van der Waals surface area contributed by atoms with Crippen molar-refractivity contribution in [2.75, 3.05) is 24.7 Å². The molecule has 0 saturated carbocycles. The number of amides is 1. The second-order valence-electron chi connectivity index (χ2n) is 7.44. The van der Waals surface area contributed by atoms with E-state index in [0.717, 1.165) is 23.1 Å². The molecule has 0 atom stereocenters. The minimum atomic E-state index is -4.78. The number of anilines is 2. The number of ether oxygens (including phenoxy) is 1. The van der Waals surface area contributed by atoms with E-state index in [2.05, 4.69) is 30.1 Å². The molecule has 15 heteroatoms. The van der Waals surface area contributed by atoms with Crippen LogP contribution in [-0.2, 0) is 17.1 Å². The summed E-state index contributed by atoms with van der Waals surface area (Å²) in [6, 6.07) is 8.82. The number of aryl methyl sites for hydroxylation is 1. The monoisotopic (exact) mass is 528 g/mol. The first-order valence-corrected chi connectivity index (χ1v) is 12.7. The predicted molar refractivity (Wildman–Crippen MR) is 125 cm³/mol. The molecule has 0 spiro atoms. The van der Waals surface area contributed by atoms with Crippen LogP contribution < -0.4 is 20.1 Å². The van der Waals surface area contributed by atoms with E-state index in [-0.39, 0.29) is 24.7 Å². The number of fused-ring (bicyclic) bond motifs is 2. The molecule has 3 N–H and O–H groups in total. The maximum absolute atomic E-state index is 12.5. The summed E-state index contributed by atoms with van der Waals surface area (Å²) in [6.45, 7) is 0.183. The fourth-order valence-electron chi connectivity index (χ4n) is 3.22. The van der Waals surface area contributed by atoms with Gasteiger partial charge in [0.15, 0.2) is 5.13 Å². The zero-order valence-electron chi connectivity index (χ0n) is 18.3. The third-order valence-electron chi connectivity index (χ3n) is 4.73. The number of hydrogen-bond donors (Lipinski definition) is 3. The Balaban J connectivity index is 1.49. The molecule has 0 saturated heterocycles. The zero-order chi connectivity index (χ0) is 25.4. The van der Waals surface area contributed by atoms with Crippen molar-refractivity contribution in [1.29, 1.82) is 0 Å². The lowest BCUT2D eigenvalue weighted by Crippen LogP contribution is -2.34. The Morgan fingerprint density at radius 3 is 2.60 bits per heavy atom. The molecule has 0 aliphatic rings. The van der Waals surface area contributed by atoms with Crippen LogP contribution in [0.5, 0.6) is 5.75 Å². The molecule has 0 bridgehead atoms. The summed E-state index contributed by atoms with van der Waals surface area (Å²) in [5.74, 6) is -0.299. The number of halogens is 3. The number of carbonyl (C=O) groups excluding carboxylic acids is 1. The Morgan fingerprint density at radius 2 is 1.89 bits per heavy atom. The number of rotatable bonds is 8. The molecular weight excluding hydrogens is 509 g/mol. The van der Waals surface area contributed by atoms with Gasteiger partial charge in [0, 0.05) is 31.8 Å². The molecule has 1 amide bonds. The Morgan fingerprint density at radius 1 is 1.11 bits per heavy atom. The van der Waals surface area contributed by atoms with E-state index in [1.807, 2.05) is 0 Å². The van der Waals surface area contributed by atoms with Crippen molar-refractivity contribution >= 4 is 59.6 Å². The molecule has 0 unspecified atom stereocenters. The van der Waals surface area contributed by atoms with Gasteiger partial charge < -0.3 is 19.9 Å². The van der Waals surface area contributed by atoms with Crippen LogP contribution in [0.3, 0.4) is 0 Å². The third-order valence-corrected chi connectivity index (χ3v) is 6.39. The number of benzene rings is 2. The summed E-state index contributed by atoms with van der Waals surface area (Å²) in [4.78, 5) is 21.2. The Bertz CT molecular complexity index is 1510. The van der Waals surface area contributed by atoms with Gasteiger partial charge in [-0.05, 0) is 30.3 Å². The lowest BCUT2D eigenvalue weighted by Gasteiger charge is -2.07. The highest BCUT2D eigenvalue weighted by Gasteiger charge is 2.31. The van der Waals surface area contributed by atoms with Crippen LogP contribution in [0.25, 0.3) is 21.3 Å². The molecule has 2 aromatic carbocycles. The first-order chi connectivity index (χ1) is 16.4. The minimum Gasteiger partial charge on any atom is -0.406 e. The van der Waals surface area contributed by atoms with E-state index in [1.165, 1.54) is 18.2 Å². The Kier molecular flexibility index (Phi) is 6.57. The summed E-state index contributed by atoms with van der Waals surface area (Å²) in [5, 5.41) is 6.10. The second-order valence-corrected chi connectivity index (χ2v) is 10.3. The van der Waals surface area contributed by atoms with E-state index >= 15 is 0 Å². The molecule has 2 heterocycles. The first-order valence-electron chi connectivity index (χ1n) is 10.0. The largest absolute Gasteiger partial charge is 0.573 e. The van der Waals surface area contributed by atoms with Gasteiger partial charge in [0.2, 0.25) is 16.0 Å². The molecule has 4 aromatic rings. The van der Waals surface area contributed by atoms with Crippen LogP contribution in [0, 0.1) is 0 Å². The third kappa shape index (κ3) is 6.17. The fraction of sp³-hybridized carbons (Fsp3) is 0.250. The molecule has 0 fully saturated rings. The average molecular weight is 529 g/mol. The van der Waals surface area contributed by atoms with Crippen molar-refractivity contribution in [2.24, 2.45) is 7.05 Å². The van der Waals surface area contributed by atoms with Crippen molar-refractivity contribution in [2.45, 2.75) is 6.36 Å². The standard InChI is InChI=1S/C20H19F3N6O4S2/c1-29-15-6-3-11(17(30)24-7-8-25-35(2,31)32)9-14(15)26-18(29)28-19-27-13-5-4-12(10-16(13)34-19)33-20(21,22)23/h3-6,9-10,25H,7-8H2,1-2H3,(H,24,30)(H,26,27,28). The smallest absolute Gasteiger partial charge is 0.406 e. The van der Waals surface area contributed by atoms with Gasteiger partial charge in [0.25, 0.3) is 5.91 Å². The number of nitrogens with one attached hydrogen (secondary N) is 3. The van der Waals surface area contributed by atoms with Crippen molar-refractivity contribution in [3.8, 4) is 5.75 Å². The topological polar surface area (TPSA) is 127 Å². The lowest BCUT2D eigenvalue weighted by atomic mass is 10.2. The summed E-state index contributed by atoms with van der Waals surface area (Å²) in [7, 11) is -1.58. The van der Waals surface area contributed by atoms with Gasteiger partial charge in [0.1, 0.15) is 5.75 Å². The fourth-order valence-corrected chi connectivity index (χ4v) is 4.58. The van der Waals surface area contributed by atoms with Crippen LogP contribution in [-0.4, -0.2) is 54.6 Å². The number of sulfonamides is 1. The zero-order valence-corrected chi connectivity index (χ0v) is 19.9. The highest BCUT2D eigenvalue weighted by molar-refractivity contribution is 7.88. The highest BCUT2D eigenvalue weighted by atomic mass is 32.2. The molecule has 2 aromatic heterocycles. The molecule has 10 nitrogen and oxygen atoms in total. The molecule has 0 radical (unpaired) electrons. The summed E-state index contributed by atoms with van der Waals surface area (Å²) in [6.07, 6.45) is -3.75. The van der Waals surface area contributed by atoms with Gasteiger partial charge in [-0.25, -0.2) is 23.1 Å². The predicted octanol–water partition coefficient (Wildman–Crippen LogP) is 3.10. The van der Waals surface area contributed by atoms with Gasteiger partial charge in [0.05, 0.1) is 27.5 Å². The highest BCUT2D eigenvalue weighted by Crippen LogP contribution is 2.33. The lowest BCUT2D eigenvalue weighted by molar-refractivity contribution is -0.274. The molecule has 186 valence electrons. The normalized spacial score (nSPS) is 12.3. The first kappa shape index (κ1) is 24.7. The van der Waals surface area contributed by atoms with E-state index in [9.17, 15) is 26.4 Å². The molecular formula is C20H19F3N6O4S2. The molecule has 35 heavy (non-hydrogen) atoms. The van der Waals surface area contributed by atoms with Crippen LogP contribution in [0.2, 0.25) is 0 Å². The van der Waals surface area contributed by atoms with E-state index in [0.29, 0.717) is 32.4 Å². The number of nitrogens with zero attached hydrogens (tertiary/aromatic N) is 3. The van der Waals surface area contributed by atoms with E-state index in [4.69, 9.17) is 0 Å². The number of imidazole rings is 1.